The highest BCUT2D eigenvalue weighted by Crippen LogP contribution is 2.30. The minimum absolute atomic E-state index is 0.153. The van der Waals surface area contributed by atoms with E-state index in [2.05, 4.69) is 9.88 Å². The first-order valence-corrected chi connectivity index (χ1v) is 7.72. The molecule has 1 atom stereocenters. The van der Waals surface area contributed by atoms with Gasteiger partial charge in [-0.05, 0) is 26.0 Å². The first-order valence-electron chi connectivity index (χ1n) is 7.72. The fourth-order valence-electron chi connectivity index (χ4n) is 2.94. The number of nitrogens with zero attached hydrogens (tertiary/aromatic N) is 2. The predicted molar refractivity (Wildman–Crippen MR) is 81.1 cm³/mol. The molecular formula is C16H22N2O4. The second-order valence-corrected chi connectivity index (χ2v) is 6.08. The summed E-state index contributed by atoms with van der Waals surface area (Å²) >= 11 is 0. The normalized spacial score (nSPS) is 25.0. The van der Waals surface area contributed by atoms with Crippen molar-refractivity contribution in [3.05, 3.63) is 23.9 Å². The monoisotopic (exact) mass is 306 g/mol. The van der Waals surface area contributed by atoms with E-state index in [1.54, 1.807) is 18.3 Å². The van der Waals surface area contributed by atoms with Crippen LogP contribution in [0.2, 0.25) is 0 Å². The molecular weight excluding hydrogens is 284 g/mol. The van der Waals surface area contributed by atoms with E-state index in [1.165, 1.54) is 0 Å². The molecule has 0 aromatic carbocycles. The third-order valence-corrected chi connectivity index (χ3v) is 3.96. The van der Waals surface area contributed by atoms with Crippen molar-refractivity contribution in [3.8, 4) is 0 Å². The van der Waals surface area contributed by atoms with Crippen LogP contribution in [-0.2, 0) is 14.2 Å². The summed E-state index contributed by atoms with van der Waals surface area (Å²) in [6.07, 6.45) is 2.43. The van der Waals surface area contributed by atoms with Gasteiger partial charge in [-0.15, -0.1) is 0 Å². The largest absolute Gasteiger partial charge is 0.459 e. The molecule has 0 radical (unpaired) electrons. The number of hydrogen-bond acceptors (Lipinski definition) is 6. The molecule has 2 aliphatic heterocycles. The molecule has 0 bridgehead atoms. The number of carbonyl (C=O) groups is 1. The van der Waals surface area contributed by atoms with Crippen molar-refractivity contribution in [1.29, 1.82) is 0 Å². The maximum Gasteiger partial charge on any atom is 0.342 e. The molecule has 1 aromatic rings. The van der Waals surface area contributed by atoms with Crippen molar-refractivity contribution in [2.24, 2.45) is 0 Å². The van der Waals surface area contributed by atoms with Gasteiger partial charge in [-0.1, -0.05) is 0 Å². The summed E-state index contributed by atoms with van der Waals surface area (Å²) in [6, 6.07) is 3.52. The molecule has 2 fully saturated rings. The second-order valence-electron chi connectivity index (χ2n) is 6.08. The smallest absolute Gasteiger partial charge is 0.342 e. The molecule has 0 amide bonds. The van der Waals surface area contributed by atoms with Crippen LogP contribution in [0.15, 0.2) is 18.3 Å². The standard InChI is InChI=1S/C16H22N2O4/c1-12(2)22-15(19)13-4-3-6-17-14(13)18-7-9-21-16(10-18)5-8-20-11-16/h3-4,6,12H,5,7-11H2,1-2H3. The summed E-state index contributed by atoms with van der Waals surface area (Å²) in [5, 5.41) is 0. The van der Waals surface area contributed by atoms with E-state index in [-0.39, 0.29) is 17.7 Å². The van der Waals surface area contributed by atoms with Gasteiger partial charge in [0, 0.05) is 25.8 Å². The SMILES string of the molecule is CC(C)OC(=O)c1cccnc1N1CCOC2(CCOC2)C1. The molecule has 22 heavy (non-hydrogen) atoms. The number of rotatable bonds is 3. The Bertz CT molecular complexity index is 541. The first kappa shape index (κ1) is 15.2. The molecule has 3 heterocycles. The van der Waals surface area contributed by atoms with Gasteiger partial charge in [0.15, 0.2) is 0 Å². The summed E-state index contributed by atoms with van der Waals surface area (Å²) in [5.41, 5.74) is 0.238. The lowest BCUT2D eigenvalue weighted by molar-refractivity contribution is -0.0581. The Morgan fingerprint density at radius 3 is 3.05 bits per heavy atom. The Hall–Kier alpha value is -1.66. The molecule has 3 rings (SSSR count). The van der Waals surface area contributed by atoms with Crippen molar-refractivity contribution in [2.45, 2.75) is 32.0 Å². The molecule has 0 saturated carbocycles. The highest BCUT2D eigenvalue weighted by molar-refractivity contribution is 5.94. The number of anilines is 1. The first-order chi connectivity index (χ1) is 10.6. The summed E-state index contributed by atoms with van der Waals surface area (Å²) in [6.45, 7) is 7.01. The number of esters is 1. The Morgan fingerprint density at radius 1 is 1.45 bits per heavy atom. The number of pyridine rings is 1. The van der Waals surface area contributed by atoms with Crippen LogP contribution in [0, 0.1) is 0 Å². The van der Waals surface area contributed by atoms with Crippen LogP contribution in [0.4, 0.5) is 5.82 Å². The van der Waals surface area contributed by atoms with Gasteiger partial charge in [-0.3, -0.25) is 0 Å². The molecule has 6 nitrogen and oxygen atoms in total. The van der Waals surface area contributed by atoms with Crippen molar-refractivity contribution in [1.82, 2.24) is 4.98 Å². The van der Waals surface area contributed by atoms with Gasteiger partial charge in [0.25, 0.3) is 0 Å². The zero-order valence-electron chi connectivity index (χ0n) is 13.1. The average molecular weight is 306 g/mol. The minimum atomic E-state index is -0.332. The molecule has 2 saturated heterocycles. The van der Waals surface area contributed by atoms with Crippen molar-refractivity contribution in [3.63, 3.8) is 0 Å². The molecule has 1 unspecified atom stereocenters. The second kappa shape index (κ2) is 6.22. The molecule has 6 heteroatoms. The predicted octanol–water partition coefficient (Wildman–Crippen LogP) is 1.64. The Morgan fingerprint density at radius 2 is 2.32 bits per heavy atom. The van der Waals surface area contributed by atoms with Crippen LogP contribution in [0.25, 0.3) is 0 Å². The number of morpholine rings is 1. The van der Waals surface area contributed by atoms with Gasteiger partial charge < -0.3 is 19.1 Å². The highest BCUT2D eigenvalue weighted by atomic mass is 16.6. The lowest BCUT2D eigenvalue weighted by atomic mass is 10.0. The van der Waals surface area contributed by atoms with Gasteiger partial charge in [0.1, 0.15) is 17.0 Å². The summed E-state index contributed by atoms with van der Waals surface area (Å²) in [7, 11) is 0. The van der Waals surface area contributed by atoms with E-state index < -0.39 is 0 Å². The molecule has 0 N–H and O–H groups in total. The van der Waals surface area contributed by atoms with E-state index in [4.69, 9.17) is 14.2 Å². The fourth-order valence-corrected chi connectivity index (χ4v) is 2.94. The van der Waals surface area contributed by atoms with Crippen LogP contribution < -0.4 is 4.90 Å². The van der Waals surface area contributed by atoms with Gasteiger partial charge in [-0.2, -0.15) is 0 Å². The quantitative estimate of drug-likeness (QED) is 0.791. The van der Waals surface area contributed by atoms with Crippen molar-refractivity contribution in [2.75, 3.05) is 37.8 Å². The Balaban J connectivity index is 1.83. The zero-order chi connectivity index (χ0) is 15.6. The number of ether oxygens (including phenoxy) is 3. The Labute approximate surface area is 130 Å². The summed E-state index contributed by atoms with van der Waals surface area (Å²) in [5.74, 6) is 0.337. The van der Waals surface area contributed by atoms with Crippen LogP contribution in [-0.4, -0.2) is 55.6 Å². The van der Waals surface area contributed by atoms with E-state index >= 15 is 0 Å². The van der Waals surface area contributed by atoms with E-state index in [0.717, 1.165) is 13.0 Å². The number of hydrogen-bond donors (Lipinski definition) is 0. The highest BCUT2D eigenvalue weighted by Gasteiger charge is 2.41. The maximum absolute atomic E-state index is 12.3. The van der Waals surface area contributed by atoms with Crippen LogP contribution in [0.1, 0.15) is 30.6 Å². The number of aromatic nitrogens is 1. The van der Waals surface area contributed by atoms with Crippen molar-refractivity contribution < 1.29 is 19.0 Å². The van der Waals surface area contributed by atoms with E-state index in [9.17, 15) is 4.79 Å². The molecule has 1 spiro atoms. The topological polar surface area (TPSA) is 60.9 Å². The third-order valence-electron chi connectivity index (χ3n) is 3.96. The zero-order valence-corrected chi connectivity index (χ0v) is 13.1. The van der Waals surface area contributed by atoms with E-state index in [1.807, 2.05) is 13.8 Å². The van der Waals surface area contributed by atoms with Gasteiger partial charge in [0.05, 0.1) is 25.9 Å². The van der Waals surface area contributed by atoms with Gasteiger partial charge >= 0.3 is 5.97 Å². The number of carbonyl (C=O) groups excluding carboxylic acids is 1. The lowest BCUT2D eigenvalue weighted by Gasteiger charge is -2.40. The Kier molecular flexibility index (Phi) is 4.31. The van der Waals surface area contributed by atoms with E-state index in [0.29, 0.717) is 37.7 Å². The summed E-state index contributed by atoms with van der Waals surface area (Å²) in [4.78, 5) is 18.8. The summed E-state index contributed by atoms with van der Waals surface area (Å²) < 4.78 is 16.7. The minimum Gasteiger partial charge on any atom is -0.459 e. The maximum atomic E-state index is 12.3. The van der Waals surface area contributed by atoms with Gasteiger partial charge in [0.2, 0.25) is 0 Å². The van der Waals surface area contributed by atoms with Crippen LogP contribution >= 0.6 is 0 Å². The molecule has 2 aliphatic rings. The van der Waals surface area contributed by atoms with Crippen LogP contribution in [0.5, 0.6) is 0 Å². The van der Waals surface area contributed by atoms with Crippen molar-refractivity contribution >= 4 is 11.8 Å². The fraction of sp³-hybridized carbons (Fsp3) is 0.625. The molecule has 1 aromatic heterocycles. The lowest BCUT2D eigenvalue weighted by Crippen LogP contribution is -2.53. The molecule has 120 valence electrons. The molecule has 0 aliphatic carbocycles. The average Bonchev–Trinajstić information content (AvgIpc) is 2.94. The third kappa shape index (κ3) is 3.08. The van der Waals surface area contributed by atoms with Crippen LogP contribution in [0.3, 0.4) is 0 Å². The van der Waals surface area contributed by atoms with Gasteiger partial charge in [-0.25, -0.2) is 9.78 Å².